The van der Waals surface area contributed by atoms with E-state index in [1.165, 1.54) is 0 Å². The lowest BCUT2D eigenvalue weighted by atomic mass is 10.4. The predicted molar refractivity (Wildman–Crippen MR) is 68.4 cm³/mol. The molecular weight excluding hydrogens is 226 g/mol. The van der Waals surface area contributed by atoms with Gasteiger partial charge in [0.1, 0.15) is 0 Å². The van der Waals surface area contributed by atoms with Crippen LogP contribution in [0.25, 0.3) is 0 Å². The number of methoxy groups -OCH3 is 1. The summed E-state index contributed by atoms with van der Waals surface area (Å²) >= 11 is 4.80. The molecule has 0 bridgehead atoms. The molecule has 0 fully saturated rings. The molecule has 6 heteroatoms. The van der Waals surface area contributed by atoms with Gasteiger partial charge in [-0.05, 0) is 13.0 Å². The molecule has 0 spiro atoms. The van der Waals surface area contributed by atoms with Gasteiger partial charge in [-0.2, -0.15) is 0 Å². The molecule has 0 aliphatic carbocycles. The van der Waals surface area contributed by atoms with Crippen molar-refractivity contribution in [3.05, 3.63) is 0 Å². The molecule has 0 saturated carbocycles. The topological polar surface area (TPSA) is 67.6 Å². The van der Waals surface area contributed by atoms with Gasteiger partial charge in [-0.15, -0.1) is 0 Å². The fraction of sp³-hybridized carbons (Fsp3) is 0.800. The zero-order valence-corrected chi connectivity index (χ0v) is 10.8. The van der Waals surface area contributed by atoms with Crippen molar-refractivity contribution in [1.29, 1.82) is 0 Å². The number of rotatable bonds is 9. The number of nitrogens with zero attached hydrogens (tertiary/aromatic N) is 1. The molecule has 16 heavy (non-hydrogen) atoms. The molecular formula is C10H21N3O2S. The molecule has 0 aromatic carbocycles. The lowest BCUT2D eigenvalue weighted by molar-refractivity contribution is -0.122. The van der Waals surface area contributed by atoms with Crippen molar-refractivity contribution in [3.63, 3.8) is 0 Å². The number of amides is 1. The Bertz CT molecular complexity index is 224. The van der Waals surface area contributed by atoms with Crippen molar-refractivity contribution in [3.8, 4) is 0 Å². The average molecular weight is 247 g/mol. The largest absolute Gasteiger partial charge is 0.392 e. The minimum Gasteiger partial charge on any atom is -0.392 e. The molecule has 0 rings (SSSR count). The Balaban J connectivity index is 3.70. The van der Waals surface area contributed by atoms with Crippen molar-refractivity contribution in [2.45, 2.75) is 13.3 Å². The van der Waals surface area contributed by atoms with Crippen LogP contribution >= 0.6 is 12.2 Å². The maximum absolute atomic E-state index is 11.5. The van der Waals surface area contributed by atoms with E-state index in [9.17, 15) is 4.79 Å². The highest BCUT2D eigenvalue weighted by atomic mass is 32.1. The number of likely N-dealkylation sites (N-methyl/N-ethyl adjacent to an activating group) is 1. The van der Waals surface area contributed by atoms with Crippen LogP contribution in [0.15, 0.2) is 0 Å². The second-order valence-corrected chi connectivity index (χ2v) is 3.99. The van der Waals surface area contributed by atoms with Gasteiger partial charge in [0.2, 0.25) is 5.91 Å². The minimum atomic E-state index is -0.00537. The summed E-state index contributed by atoms with van der Waals surface area (Å²) in [6.07, 6.45) is 0.823. The van der Waals surface area contributed by atoms with E-state index in [0.717, 1.165) is 13.0 Å². The first-order valence-electron chi connectivity index (χ1n) is 5.36. The summed E-state index contributed by atoms with van der Waals surface area (Å²) in [7, 11) is 1.64. The van der Waals surface area contributed by atoms with Gasteiger partial charge in [-0.3, -0.25) is 9.69 Å². The van der Waals surface area contributed by atoms with E-state index in [-0.39, 0.29) is 5.91 Å². The quantitative estimate of drug-likeness (QED) is 0.434. The van der Waals surface area contributed by atoms with E-state index in [4.69, 9.17) is 22.7 Å². The number of carbonyl (C=O) groups is 1. The van der Waals surface area contributed by atoms with Crippen LogP contribution in [0.3, 0.4) is 0 Å². The lowest BCUT2D eigenvalue weighted by Crippen LogP contribution is -2.41. The fourth-order valence-corrected chi connectivity index (χ4v) is 1.39. The van der Waals surface area contributed by atoms with Crippen LogP contribution in [0.1, 0.15) is 13.3 Å². The van der Waals surface area contributed by atoms with Gasteiger partial charge in [-0.1, -0.05) is 19.1 Å². The summed E-state index contributed by atoms with van der Waals surface area (Å²) < 4.78 is 4.88. The molecule has 1 amide bonds. The van der Waals surface area contributed by atoms with E-state index in [0.29, 0.717) is 31.2 Å². The number of ether oxygens (including phenoxy) is 1. The monoisotopic (exact) mass is 247 g/mol. The summed E-state index contributed by atoms with van der Waals surface area (Å²) in [4.78, 5) is 13.8. The molecule has 5 nitrogen and oxygen atoms in total. The molecule has 0 radical (unpaired) electrons. The Hall–Kier alpha value is -0.720. The minimum absolute atomic E-state index is 0.00537. The van der Waals surface area contributed by atoms with E-state index < -0.39 is 0 Å². The van der Waals surface area contributed by atoms with Crippen LogP contribution < -0.4 is 11.1 Å². The second kappa shape index (κ2) is 9.50. The molecule has 0 heterocycles. The van der Waals surface area contributed by atoms with Crippen LogP contribution in [0.4, 0.5) is 0 Å². The first-order valence-corrected chi connectivity index (χ1v) is 5.77. The van der Waals surface area contributed by atoms with Gasteiger partial charge in [0.15, 0.2) is 0 Å². The van der Waals surface area contributed by atoms with E-state index in [1.807, 2.05) is 11.8 Å². The molecule has 0 aromatic heterocycles. The van der Waals surface area contributed by atoms with Crippen LogP contribution in [-0.2, 0) is 9.53 Å². The number of carbonyl (C=O) groups excluding carboxylic acids is 1. The Morgan fingerprint density at radius 1 is 1.50 bits per heavy atom. The molecule has 0 saturated heterocycles. The SMILES string of the molecule is CCN(CC(=O)NCCCOC)CC(N)=S. The standard InChI is InChI=1S/C10H21N3O2S/c1-3-13(7-9(11)16)8-10(14)12-5-4-6-15-2/h3-8H2,1-2H3,(H2,11,16)(H,12,14). The molecule has 94 valence electrons. The van der Waals surface area contributed by atoms with E-state index >= 15 is 0 Å². The zero-order valence-electron chi connectivity index (χ0n) is 9.99. The first-order chi connectivity index (χ1) is 7.60. The fourth-order valence-electron chi connectivity index (χ4n) is 1.20. The number of nitrogens with one attached hydrogen (secondary N) is 1. The Morgan fingerprint density at radius 2 is 2.19 bits per heavy atom. The second-order valence-electron chi connectivity index (χ2n) is 3.47. The Kier molecular flexibility index (Phi) is 9.07. The van der Waals surface area contributed by atoms with E-state index in [2.05, 4.69) is 5.32 Å². The van der Waals surface area contributed by atoms with Gasteiger partial charge in [-0.25, -0.2) is 0 Å². The van der Waals surface area contributed by atoms with Gasteiger partial charge in [0, 0.05) is 26.8 Å². The van der Waals surface area contributed by atoms with Crippen molar-refractivity contribution in [2.24, 2.45) is 5.73 Å². The van der Waals surface area contributed by atoms with Crippen LogP contribution in [0.2, 0.25) is 0 Å². The Labute approximate surface area is 102 Å². The molecule has 0 unspecified atom stereocenters. The Morgan fingerprint density at radius 3 is 2.69 bits per heavy atom. The van der Waals surface area contributed by atoms with Gasteiger partial charge >= 0.3 is 0 Å². The third-order valence-electron chi connectivity index (χ3n) is 2.04. The van der Waals surface area contributed by atoms with Gasteiger partial charge < -0.3 is 15.8 Å². The highest BCUT2D eigenvalue weighted by Gasteiger charge is 2.08. The van der Waals surface area contributed by atoms with Crippen LogP contribution in [0.5, 0.6) is 0 Å². The summed E-state index contributed by atoms with van der Waals surface area (Å²) in [5.41, 5.74) is 5.43. The maximum atomic E-state index is 11.5. The normalized spacial score (nSPS) is 10.4. The number of thiocarbonyl (C=S) groups is 1. The molecule has 3 N–H and O–H groups in total. The van der Waals surface area contributed by atoms with Crippen molar-refractivity contribution >= 4 is 23.1 Å². The van der Waals surface area contributed by atoms with Gasteiger partial charge in [0.05, 0.1) is 11.5 Å². The molecule has 0 aliphatic rings. The van der Waals surface area contributed by atoms with Crippen molar-refractivity contribution in [2.75, 3.05) is 39.9 Å². The number of hydrogen-bond acceptors (Lipinski definition) is 4. The first kappa shape index (κ1) is 15.3. The molecule has 0 atom stereocenters. The van der Waals surface area contributed by atoms with Gasteiger partial charge in [0.25, 0.3) is 0 Å². The summed E-state index contributed by atoms with van der Waals surface area (Å²) in [5, 5.41) is 2.81. The highest BCUT2D eigenvalue weighted by molar-refractivity contribution is 7.80. The number of nitrogens with two attached hydrogens (primary N) is 1. The predicted octanol–water partition coefficient (Wildman–Crippen LogP) is -0.253. The third kappa shape index (κ3) is 8.58. The van der Waals surface area contributed by atoms with Crippen LogP contribution in [0, 0.1) is 0 Å². The molecule has 0 aromatic rings. The maximum Gasteiger partial charge on any atom is 0.234 e. The van der Waals surface area contributed by atoms with Crippen LogP contribution in [-0.4, -0.2) is 55.7 Å². The van der Waals surface area contributed by atoms with Crippen molar-refractivity contribution < 1.29 is 9.53 Å². The highest BCUT2D eigenvalue weighted by Crippen LogP contribution is 1.88. The zero-order chi connectivity index (χ0) is 12.4. The summed E-state index contributed by atoms with van der Waals surface area (Å²) in [6, 6.07) is 0. The smallest absolute Gasteiger partial charge is 0.234 e. The third-order valence-corrected chi connectivity index (χ3v) is 2.17. The average Bonchev–Trinajstić information content (AvgIpc) is 2.23. The van der Waals surface area contributed by atoms with Crippen molar-refractivity contribution in [1.82, 2.24) is 10.2 Å². The lowest BCUT2D eigenvalue weighted by Gasteiger charge is -2.18. The number of hydrogen-bond donors (Lipinski definition) is 2. The summed E-state index contributed by atoms with van der Waals surface area (Å²) in [6.45, 7) is 4.83. The molecule has 0 aliphatic heterocycles. The summed E-state index contributed by atoms with van der Waals surface area (Å²) in [5.74, 6) is -0.00537. The van der Waals surface area contributed by atoms with E-state index in [1.54, 1.807) is 7.11 Å².